The van der Waals surface area contributed by atoms with Gasteiger partial charge in [0.05, 0.1) is 11.0 Å². The first-order valence-electron chi connectivity index (χ1n) is 6.23. The number of hydrogen-bond acceptors (Lipinski definition) is 4. The maximum Gasteiger partial charge on any atom is 0.326 e. The molecule has 0 aliphatic carbocycles. The van der Waals surface area contributed by atoms with Gasteiger partial charge in [0.2, 0.25) is 0 Å². The molecular weight excluding hydrogens is 258 g/mol. The van der Waals surface area contributed by atoms with Crippen LogP contribution in [0.4, 0.5) is 0 Å². The number of aliphatic carboxylic acids is 1. The molecule has 1 aromatic heterocycles. The summed E-state index contributed by atoms with van der Waals surface area (Å²) in [6.07, 6.45) is 3.11. The molecule has 1 unspecified atom stereocenters. The van der Waals surface area contributed by atoms with Crippen molar-refractivity contribution in [2.45, 2.75) is 19.9 Å². The highest BCUT2D eigenvalue weighted by Gasteiger charge is 2.23. The van der Waals surface area contributed by atoms with Crippen molar-refractivity contribution in [2.24, 2.45) is 5.92 Å². The zero-order valence-electron chi connectivity index (χ0n) is 11.2. The summed E-state index contributed by atoms with van der Waals surface area (Å²) in [5, 5.41) is 11.6. The number of carboxylic acids is 1. The lowest BCUT2D eigenvalue weighted by atomic mass is 10.0. The summed E-state index contributed by atoms with van der Waals surface area (Å²) < 4.78 is 0. The lowest BCUT2D eigenvalue weighted by Gasteiger charge is -2.17. The van der Waals surface area contributed by atoms with Crippen molar-refractivity contribution in [1.29, 1.82) is 0 Å². The molecule has 6 heteroatoms. The van der Waals surface area contributed by atoms with Crippen LogP contribution in [-0.2, 0) is 4.79 Å². The molecule has 0 fully saturated rings. The van der Waals surface area contributed by atoms with Crippen molar-refractivity contribution in [3.63, 3.8) is 0 Å². The Bertz CT molecular complexity index is 655. The number of nitrogens with zero attached hydrogens (tertiary/aromatic N) is 2. The van der Waals surface area contributed by atoms with E-state index < -0.39 is 17.9 Å². The van der Waals surface area contributed by atoms with E-state index >= 15 is 0 Å². The lowest BCUT2D eigenvalue weighted by Crippen LogP contribution is -2.44. The first-order valence-corrected chi connectivity index (χ1v) is 6.23. The molecule has 0 aliphatic heterocycles. The smallest absolute Gasteiger partial charge is 0.326 e. The van der Waals surface area contributed by atoms with Crippen LogP contribution in [-0.4, -0.2) is 33.0 Å². The minimum atomic E-state index is -1.05. The first-order chi connectivity index (χ1) is 9.49. The fourth-order valence-corrected chi connectivity index (χ4v) is 1.84. The second-order valence-corrected chi connectivity index (χ2v) is 4.79. The van der Waals surface area contributed by atoms with Crippen LogP contribution in [0.5, 0.6) is 0 Å². The third-order valence-electron chi connectivity index (χ3n) is 2.95. The van der Waals surface area contributed by atoms with Crippen molar-refractivity contribution in [2.75, 3.05) is 0 Å². The summed E-state index contributed by atoms with van der Waals surface area (Å²) in [5.41, 5.74) is 1.64. The average molecular weight is 273 g/mol. The van der Waals surface area contributed by atoms with E-state index in [0.717, 1.165) is 0 Å². The SMILES string of the molecule is CC(C)C(NC(=O)c1ccc2nccnc2c1)C(=O)O. The van der Waals surface area contributed by atoms with Gasteiger partial charge < -0.3 is 10.4 Å². The van der Waals surface area contributed by atoms with Crippen LogP contribution < -0.4 is 5.32 Å². The predicted molar refractivity (Wildman–Crippen MR) is 73.3 cm³/mol. The Balaban J connectivity index is 2.24. The van der Waals surface area contributed by atoms with Gasteiger partial charge in [0.25, 0.3) is 5.91 Å². The molecule has 2 N–H and O–H groups in total. The van der Waals surface area contributed by atoms with Crippen LogP contribution in [0.1, 0.15) is 24.2 Å². The number of carbonyl (C=O) groups is 2. The highest BCUT2D eigenvalue weighted by Crippen LogP contribution is 2.12. The Morgan fingerprint density at radius 2 is 1.80 bits per heavy atom. The predicted octanol–water partition coefficient (Wildman–Crippen LogP) is 1.47. The van der Waals surface area contributed by atoms with E-state index in [1.807, 2.05) is 0 Å². The molecule has 2 rings (SSSR count). The summed E-state index contributed by atoms with van der Waals surface area (Å²) in [6.45, 7) is 3.48. The molecule has 0 saturated carbocycles. The molecule has 1 heterocycles. The summed E-state index contributed by atoms with van der Waals surface area (Å²) >= 11 is 0. The Morgan fingerprint density at radius 3 is 2.40 bits per heavy atom. The highest BCUT2D eigenvalue weighted by atomic mass is 16.4. The van der Waals surface area contributed by atoms with Crippen LogP contribution in [0.2, 0.25) is 0 Å². The minimum Gasteiger partial charge on any atom is -0.480 e. The third-order valence-corrected chi connectivity index (χ3v) is 2.95. The van der Waals surface area contributed by atoms with Gasteiger partial charge in [-0.1, -0.05) is 13.8 Å². The number of fused-ring (bicyclic) bond motifs is 1. The maximum atomic E-state index is 12.1. The maximum absolute atomic E-state index is 12.1. The number of aromatic nitrogens is 2. The molecule has 1 atom stereocenters. The number of rotatable bonds is 4. The fourth-order valence-electron chi connectivity index (χ4n) is 1.84. The van der Waals surface area contributed by atoms with E-state index in [9.17, 15) is 9.59 Å². The van der Waals surface area contributed by atoms with Gasteiger partial charge in [-0.05, 0) is 24.1 Å². The molecule has 0 spiro atoms. The third kappa shape index (κ3) is 2.90. The van der Waals surface area contributed by atoms with Gasteiger partial charge in [-0.3, -0.25) is 14.8 Å². The Kier molecular flexibility index (Phi) is 3.93. The normalized spacial score (nSPS) is 12.3. The van der Waals surface area contributed by atoms with Crippen LogP contribution in [0, 0.1) is 5.92 Å². The highest BCUT2D eigenvalue weighted by molar-refractivity contribution is 5.99. The van der Waals surface area contributed by atoms with Crippen LogP contribution in [0.3, 0.4) is 0 Å². The molecule has 0 radical (unpaired) electrons. The van der Waals surface area contributed by atoms with Crippen molar-refractivity contribution in [3.8, 4) is 0 Å². The molecule has 20 heavy (non-hydrogen) atoms. The largest absolute Gasteiger partial charge is 0.480 e. The lowest BCUT2D eigenvalue weighted by molar-refractivity contribution is -0.140. The second kappa shape index (κ2) is 5.64. The minimum absolute atomic E-state index is 0.198. The van der Waals surface area contributed by atoms with Gasteiger partial charge in [0, 0.05) is 18.0 Å². The first kappa shape index (κ1) is 13.9. The van der Waals surface area contributed by atoms with Gasteiger partial charge in [0.1, 0.15) is 6.04 Å². The Labute approximate surface area is 115 Å². The fraction of sp³-hybridized carbons (Fsp3) is 0.286. The molecule has 104 valence electrons. The summed E-state index contributed by atoms with van der Waals surface area (Å²) in [4.78, 5) is 31.4. The average Bonchev–Trinajstić information content (AvgIpc) is 2.43. The van der Waals surface area contributed by atoms with Gasteiger partial charge in [-0.25, -0.2) is 4.79 Å². The van der Waals surface area contributed by atoms with Gasteiger partial charge in [-0.15, -0.1) is 0 Å². The van der Waals surface area contributed by atoms with Crippen LogP contribution in [0.15, 0.2) is 30.6 Å². The number of nitrogens with one attached hydrogen (secondary N) is 1. The standard InChI is InChI=1S/C14H15N3O3/c1-8(2)12(14(19)20)17-13(18)9-3-4-10-11(7-9)16-6-5-15-10/h3-8,12H,1-2H3,(H,17,18)(H,19,20). The summed E-state index contributed by atoms with van der Waals surface area (Å²) in [6, 6.07) is 3.96. The number of carboxylic acid groups (broad SMARTS) is 1. The van der Waals surface area contributed by atoms with E-state index in [1.165, 1.54) is 6.20 Å². The molecule has 0 aliphatic rings. The van der Waals surface area contributed by atoms with E-state index in [0.29, 0.717) is 16.6 Å². The van der Waals surface area contributed by atoms with E-state index in [-0.39, 0.29) is 5.92 Å². The van der Waals surface area contributed by atoms with Crippen molar-refractivity contribution in [3.05, 3.63) is 36.2 Å². The molecule has 0 bridgehead atoms. The molecule has 2 aromatic rings. The Hall–Kier alpha value is -2.50. The monoisotopic (exact) mass is 273 g/mol. The molecule has 1 amide bonds. The molecule has 0 saturated heterocycles. The topological polar surface area (TPSA) is 92.2 Å². The second-order valence-electron chi connectivity index (χ2n) is 4.79. The van der Waals surface area contributed by atoms with Crippen LogP contribution >= 0.6 is 0 Å². The van der Waals surface area contributed by atoms with E-state index in [1.54, 1.807) is 38.2 Å². The van der Waals surface area contributed by atoms with Crippen molar-refractivity contribution in [1.82, 2.24) is 15.3 Å². The van der Waals surface area contributed by atoms with Crippen LogP contribution in [0.25, 0.3) is 11.0 Å². The molecule has 6 nitrogen and oxygen atoms in total. The van der Waals surface area contributed by atoms with E-state index in [4.69, 9.17) is 5.11 Å². The quantitative estimate of drug-likeness (QED) is 0.880. The Morgan fingerprint density at radius 1 is 1.15 bits per heavy atom. The summed E-state index contributed by atoms with van der Waals surface area (Å²) in [7, 11) is 0. The number of amides is 1. The van der Waals surface area contributed by atoms with Gasteiger partial charge in [-0.2, -0.15) is 0 Å². The molecule has 1 aromatic carbocycles. The van der Waals surface area contributed by atoms with E-state index in [2.05, 4.69) is 15.3 Å². The van der Waals surface area contributed by atoms with Gasteiger partial charge in [0.15, 0.2) is 0 Å². The number of carbonyl (C=O) groups excluding carboxylic acids is 1. The zero-order valence-corrected chi connectivity index (χ0v) is 11.2. The summed E-state index contributed by atoms with van der Waals surface area (Å²) in [5.74, 6) is -1.68. The van der Waals surface area contributed by atoms with Gasteiger partial charge >= 0.3 is 5.97 Å². The van der Waals surface area contributed by atoms with Crippen molar-refractivity contribution >= 4 is 22.9 Å². The number of hydrogen-bond donors (Lipinski definition) is 2. The number of benzene rings is 1. The van der Waals surface area contributed by atoms with Crippen molar-refractivity contribution < 1.29 is 14.7 Å². The zero-order chi connectivity index (χ0) is 14.7. The molecular formula is C14H15N3O3.